The van der Waals surface area contributed by atoms with E-state index >= 15 is 0 Å². The molecule has 6 rings (SSSR count). The Morgan fingerprint density at radius 2 is 1.62 bits per heavy atom. The number of allylic oxidation sites excluding steroid dienone is 2. The summed E-state index contributed by atoms with van der Waals surface area (Å²) in [6.45, 7) is 5.28. The number of nitrogens with one attached hydrogen (secondary N) is 1. The van der Waals surface area contributed by atoms with Gasteiger partial charge < -0.3 is 10.4 Å². The summed E-state index contributed by atoms with van der Waals surface area (Å²) in [5.41, 5.74) is 3.72. The number of carboxylic acid groups (broad SMARTS) is 1. The highest BCUT2D eigenvalue weighted by Gasteiger charge is 2.41. The van der Waals surface area contributed by atoms with Crippen LogP contribution in [0.25, 0.3) is 27.8 Å². The Morgan fingerprint density at radius 1 is 0.905 bits per heavy atom. The molecule has 1 amide bonds. The number of benzene rings is 1. The van der Waals surface area contributed by atoms with Gasteiger partial charge in [0.25, 0.3) is 5.91 Å². The Labute approximate surface area is 260 Å². The highest BCUT2D eigenvalue weighted by atomic mass is 35.5. The fourth-order valence-corrected chi connectivity index (χ4v) is 4.81. The third-order valence-corrected chi connectivity index (χ3v) is 7.09. The van der Waals surface area contributed by atoms with Gasteiger partial charge in [-0.2, -0.15) is 0 Å². The molecule has 4 aromatic heterocycles. The lowest BCUT2D eigenvalue weighted by Crippen LogP contribution is -2.49. The first kappa shape index (κ1) is 32.5. The van der Waals surface area contributed by atoms with Crippen molar-refractivity contribution in [2.75, 3.05) is 0 Å². The third-order valence-electron chi connectivity index (χ3n) is 7.09. The largest absolute Gasteiger partial charge is 0.480 e. The lowest BCUT2D eigenvalue weighted by molar-refractivity contribution is -0.142. The molecule has 12 heteroatoms. The Hall–Kier alpha value is -4.05. The number of hydrogen-bond donors (Lipinski definition) is 2. The zero-order chi connectivity index (χ0) is 27.4. The van der Waals surface area contributed by atoms with Gasteiger partial charge in [-0.3, -0.25) is 19.2 Å². The van der Waals surface area contributed by atoms with Crippen LogP contribution in [-0.4, -0.2) is 47.4 Å². The maximum Gasteiger partial charge on any atom is 0.326 e. The molecule has 0 radical (unpaired) electrons. The van der Waals surface area contributed by atoms with Gasteiger partial charge >= 0.3 is 5.97 Å². The van der Waals surface area contributed by atoms with Crippen LogP contribution in [0.2, 0.25) is 0 Å². The molecule has 1 aliphatic carbocycles. The van der Waals surface area contributed by atoms with Gasteiger partial charge in [-0.15, -0.1) is 37.2 Å². The van der Waals surface area contributed by atoms with Crippen LogP contribution in [0, 0.1) is 5.41 Å². The van der Waals surface area contributed by atoms with Crippen LogP contribution in [0.3, 0.4) is 0 Å². The smallest absolute Gasteiger partial charge is 0.326 e. The first-order valence-corrected chi connectivity index (χ1v) is 12.5. The minimum atomic E-state index is -1.09. The van der Waals surface area contributed by atoms with Crippen LogP contribution in [0.5, 0.6) is 0 Å². The molecule has 0 saturated carbocycles. The molecular weight excluding hydrogens is 599 g/mol. The van der Waals surface area contributed by atoms with E-state index in [1.54, 1.807) is 51.5 Å². The van der Waals surface area contributed by atoms with Gasteiger partial charge in [-0.05, 0) is 35.2 Å². The van der Waals surface area contributed by atoms with Crippen molar-refractivity contribution in [1.29, 1.82) is 0 Å². The number of hydrogen-bond acceptors (Lipinski definition) is 6. The van der Waals surface area contributed by atoms with Gasteiger partial charge in [0.1, 0.15) is 11.7 Å². The maximum absolute atomic E-state index is 12.7. The molecule has 9 nitrogen and oxygen atoms in total. The summed E-state index contributed by atoms with van der Waals surface area (Å²) in [6, 6.07) is 12.6. The predicted molar refractivity (Wildman–Crippen MR) is 168 cm³/mol. The van der Waals surface area contributed by atoms with E-state index in [9.17, 15) is 14.7 Å². The number of aromatic nitrogens is 5. The Bertz CT molecular complexity index is 1790. The SMILES string of the molecule is CC(C)(C)[C@H](NC(=O)c1ccc(-c2cnc3ncc(C4(c5ccc6ncccc6c5)C=C4)n3c2)cn1)C(=O)O.Cl.Cl.Cl. The molecule has 0 aliphatic heterocycles. The second kappa shape index (κ2) is 12.1. The van der Waals surface area contributed by atoms with Crippen molar-refractivity contribution in [2.24, 2.45) is 5.41 Å². The van der Waals surface area contributed by atoms with E-state index in [-0.39, 0.29) is 48.3 Å². The van der Waals surface area contributed by atoms with Crippen molar-refractivity contribution >= 4 is 65.8 Å². The summed E-state index contributed by atoms with van der Waals surface area (Å²) in [7, 11) is 0. The van der Waals surface area contributed by atoms with E-state index in [2.05, 4.69) is 55.6 Å². The van der Waals surface area contributed by atoms with Crippen LogP contribution in [-0.2, 0) is 10.2 Å². The maximum atomic E-state index is 12.7. The molecular formula is C30H29Cl3N6O3. The molecule has 0 unspecified atom stereocenters. The lowest BCUT2D eigenvalue weighted by atomic mass is 9.86. The first-order valence-electron chi connectivity index (χ1n) is 12.5. The Kier molecular flexibility index (Phi) is 9.31. The van der Waals surface area contributed by atoms with E-state index in [1.165, 1.54) is 0 Å². The molecule has 4 heterocycles. The van der Waals surface area contributed by atoms with Crippen LogP contribution in [0.15, 0.2) is 85.6 Å². The molecule has 1 aromatic carbocycles. The van der Waals surface area contributed by atoms with Crippen LogP contribution in [0.1, 0.15) is 42.5 Å². The van der Waals surface area contributed by atoms with Crippen LogP contribution >= 0.6 is 37.2 Å². The van der Waals surface area contributed by atoms with Gasteiger partial charge in [-0.1, -0.05) is 51.1 Å². The molecule has 218 valence electrons. The molecule has 1 atom stereocenters. The molecule has 2 N–H and O–H groups in total. The number of carbonyl (C=O) groups is 2. The van der Waals surface area contributed by atoms with E-state index in [0.717, 1.165) is 33.3 Å². The van der Waals surface area contributed by atoms with Crippen molar-refractivity contribution in [3.8, 4) is 11.1 Å². The zero-order valence-corrected chi connectivity index (χ0v) is 25.3. The minimum Gasteiger partial charge on any atom is -0.480 e. The summed E-state index contributed by atoms with van der Waals surface area (Å²) in [5.74, 6) is -1.05. The molecule has 0 saturated heterocycles. The van der Waals surface area contributed by atoms with Crippen LogP contribution < -0.4 is 5.32 Å². The van der Waals surface area contributed by atoms with E-state index < -0.39 is 23.3 Å². The van der Waals surface area contributed by atoms with E-state index in [4.69, 9.17) is 0 Å². The minimum absolute atomic E-state index is 0. The average molecular weight is 628 g/mol. The summed E-state index contributed by atoms with van der Waals surface area (Å²) in [5, 5.41) is 13.2. The molecule has 0 fully saturated rings. The van der Waals surface area contributed by atoms with Gasteiger partial charge in [0, 0.05) is 41.3 Å². The number of amides is 1. The van der Waals surface area contributed by atoms with Crippen molar-refractivity contribution in [3.05, 3.63) is 103 Å². The van der Waals surface area contributed by atoms with Crippen molar-refractivity contribution in [3.63, 3.8) is 0 Å². The lowest BCUT2D eigenvalue weighted by Gasteiger charge is -2.27. The van der Waals surface area contributed by atoms with Crippen molar-refractivity contribution < 1.29 is 14.7 Å². The van der Waals surface area contributed by atoms with Gasteiger partial charge in [0.2, 0.25) is 5.78 Å². The van der Waals surface area contributed by atoms with Crippen LogP contribution in [0.4, 0.5) is 0 Å². The van der Waals surface area contributed by atoms with Gasteiger partial charge in [0.15, 0.2) is 0 Å². The molecule has 5 aromatic rings. The summed E-state index contributed by atoms with van der Waals surface area (Å²) in [4.78, 5) is 42.1. The zero-order valence-electron chi connectivity index (χ0n) is 22.9. The quantitative estimate of drug-likeness (QED) is 0.232. The molecule has 0 spiro atoms. The Morgan fingerprint density at radius 3 is 2.26 bits per heavy atom. The fourth-order valence-electron chi connectivity index (χ4n) is 4.81. The highest BCUT2D eigenvalue weighted by Crippen LogP contribution is 2.45. The first-order chi connectivity index (χ1) is 18.7. The molecule has 1 aliphatic rings. The number of carbonyl (C=O) groups excluding carboxylic acids is 1. The van der Waals surface area contributed by atoms with Crippen molar-refractivity contribution in [2.45, 2.75) is 32.2 Å². The number of imidazole rings is 1. The Balaban J connectivity index is 0.00000161. The average Bonchev–Trinajstić information content (AvgIpc) is 3.62. The van der Waals surface area contributed by atoms with E-state index in [1.807, 2.05) is 28.9 Å². The number of halogens is 3. The number of carboxylic acids is 1. The number of rotatable bonds is 6. The third kappa shape index (κ3) is 5.81. The van der Waals surface area contributed by atoms with E-state index in [0.29, 0.717) is 5.78 Å². The topological polar surface area (TPSA) is 122 Å². The fraction of sp³-hybridized carbons (Fsp3) is 0.200. The number of fused-ring (bicyclic) bond motifs is 2. The number of aliphatic carboxylic acids is 1. The normalized spacial score (nSPS) is 13.8. The second-order valence-electron chi connectivity index (χ2n) is 10.8. The standard InChI is InChI=1S/C30H26N6O3.3ClH/c1-29(2,3)25(27(38)39)35-26(37)23-8-6-19(14-32-23)20-15-33-28-34-16-24(36(28)17-20)30(10-11-30)21-7-9-22-18(13-21)5-4-12-31-22;;;/h4-17,25H,1-3H3,(H,35,37)(H,38,39);3*1H/t25-;;;/m1.../s1. The second-order valence-corrected chi connectivity index (χ2v) is 10.8. The molecule has 0 bridgehead atoms. The number of pyridine rings is 2. The predicted octanol–water partition coefficient (Wildman–Crippen LogP) is 5.69. The summed E-state index contributed by atoms with van der Waals surface area (Å²) >= 11 is 0. The summed E-state index contributed by atoms with van der Waals surface area (Å²) < 4.78 is 1.98. The van der Waals surface area contributed by atoms with Crippen molar-refractivity contribution in [1.82, 2.24) is 29.7 Å². The monoisotopic (exact) mass is 626 g/mol. The highest BCUT2D eigenvalue weighted by molar-refractivity contribution is 5.95. The number of nitrogens with zero attached hydrogens (tertiary/aromatic N) is 5. The molecule has 42 heavy (non-hydrogen) atoms. The summed E-state index contributed by atoms with van der Waals surface area (Å²) in [6.07, 6.45) is 13.2. The van der Waals surface area contributed by atoms with Gasteiger partial charge in [-0.25, -0.2) is 14.8 Å². The van der Waals surface area contributed by atoms with Gasteiger partial charge in [0.05, 0.1) is 22.8 Å².